The molecule has 1 N–H and O–H groups in total. The zero-order valence-corrected chi connectivity index (χ0v) is 13.6. The molecule has 0 aromatic heterocycles. The van der Waals surface area contributed by atoms with Gasteiger partial charge in [-0.05, 0) is 56.8 Å². The standard InChI is InChI=1S/C17H28O4/c1-11(10-21-15(19)16(2,3)20)12-7-8-13-14(18)6-5-9-17(12,13)4/h11-13,20H,5-10H2,1-4H3/t11-,12+,13-,17+/m0/s1. The van der Waals surface area contributed by atoms with E-state index >= 15 is 0 Å². The van der Waals surface area contributed by atoms with Crippen molar-refractivity contribution < 1.29 is 19.4 Å². The Morgan fingerprint density at radius 2 is 2.14 bits per heavy atom. The summed E-state index contributed by atoms with van der Waals surface area (Å²) in [6.45, 7) is 7.53. The smallest absolute Gasteiger partial charge is 0.337 e. The van der Waals surface area contributed by atoms with E-state index in [1.807, 2.05) is 0 Å². The number of hydrogen-bond donors (Lipinski definition) is 1. The molecular weight excluding hydrogens is 268 g/mol. The van der Waals surface area contributed by atoms with Crippen molar-refractivity contribution in [1.82, 2.24) is 0 Å². The van der Waals surface area contributed by atoms with E-state index in [2.05, 4.69) is 13.8 Å². The fraction of sp³-hybridized carbons (Fsp3) is 0.882. The lowest BCUT2D eigenvalue weighted by Gasteiger charge is -2.42. The molecule has 0 spiro atoms. The number of aliphatic hydroxyl groups is 1. The lowest BCUT2D eigenvalue weighted by Crippen LogP contribution is -2.41. The Bertz CT molecular complexity index is 423. The zero-order chi connectivity index (χ0) is 15.8. The van der Waals surface area contributed by atoms with Crippen LogP contribution >= 0.6 is 0 Å². The van der Waals surface area contributed by atoms with Crippen LogP contribution in [0.15, 0.2) is 0 Å². The van der Waals surface area contributed by atoms with Crippen LogP contribution in [0.1, 0.15) is 59.8 Å². The molecule has 120 valence electrons. The molecule has 0 aliphatic heterocycles. The molecule has 0 bridgehead atoms. The fourth-order valence-corrected chi connectivity index (χ4v) is 4.40. The van der Waals surface area contributed by atoms with Gasteiger partial charge in [-0.3, -0.25) is 4.79 Å². The summed E-state index contributed by atoms with van der Waals surface area (Å²) in [6, 6.07) is 0. The van der Waals surface area contributed by atoms with Crippen molar-refractivity contribution in [3.63, 3.8) is 0 Å². The molecule has 2 saturated carbocycles. The Balaban J connectivity index is 1.98. The number of hydrogen-bond acceptors (Lipinski definition) is 4. The normalized spacial score (nSPS) is 34.4. The van der Waals surface area contributed by atoms with Crippen LogP contribution < -0.4 is 0 Å². The van der Waals surface area contributed by atoms with E-state index < -0.39 is 11.6 Å². The van der Waals surface area contributed by atoms with E-state index in [0.29, 0.717) is 18.3 Å². The third-order valence-electron chi connectivity index (χ3n) is 5.60. The number of carbonyl (C=O) groups excluding carboxylic acids is 2. The average molecular weight is 296 g/mol. The van der Waals surface area contributed by atoms with E-state index in [-0.39, 0.29) is 17.3 Å². The summed E-state index contributed by atoms with van der Waals surface area (Å²) < 4.78 is 5.26. The molecule has 2 aliphatic carbocycles. The maximum Gasteiger partial charge on any atom is 0.337 e. The van der Waals surface area contributed by atoms with E-state index in [4.69, 9.17) is 4.74 Å². The molecule has 0 aromatic rings. The zero-order valence-electron chi connectivity index (χ0n) is 13.6. The minimum absolute atomic E-state index is 0.0654. The predicted octanol–water partition coefficient (Wildman–Crippen LogP) is 2.72. The van der Waals surface area contributed by atoms with E-state index in [9.17, 15) is 14.7 Å². The van der Waals surface area contributed by atoms with Gasteiger partial charge in [0.15, 0.2) is 5.60 Å². The fourth-order valence-electron chi connectivity index (χ4n) is 4.40. The average Bonchev–Trinajstić information content (AvgIpc) is 2.73. The summed E-state index contributed by atoms with van der Waals surface area (Å²) in [5, 5.41) is 9.62. The molecule has 0 unspecified atom stereocenters. The van der Waals surface area contributed by atoms with Gasteiger partial charge in [0.1, 0.15) is 5.78 Å². The van der Waals surface area contributed by atoms with Gasteiger partial charge in [0, 0.05) is 12.3 Å². The first-order valence-electron chi connectivity index (χ1n) is 8.08. The summed E-state index contributed by atoms with van der Waals surface area (Å²) >= 11 is 0. The summed E-state index contributed by atoms with van der Waals surface area (Å²) in [7, 11) is 0. The van der Waals surface area contributed by atoms with Crippen LogP contribution in [-0.4, -0.2) is 29.1 Å². The molecule has 0 aromatic carbocycles. The molecular formula is C17H28O4. The monoisotopic (exact) mass is 296 g/mol. The summed E-state index contributed by atoms with van der Waals surface area (Å²) in [5.74, 6) is 0.683. The van der Waals surface area contributed by atoms with Crippen molar-refractivity contribution >= 4 is 11.8 Å². The van der Waals surface area contributed by atoms with Crippen LogP contribution in [0.5, 0.6) is 0 Å². The number of ketones is 1. The van der Waals surface area contributed by atoms with Crippen molar-refractivity contribution in [2.24, 2.45) is 23.2 Å². The van der Waals surface area contributed by atoms with Crippen molar-refractivity contribution in [3.8, 4) is 0 Å². The Morgan fingerprint density at radius 1 is 1.48 bits per heavy atom. The van der Waals surface area contributed by atoms with Gasteiger partial charge in [-0.2, -0.15) is 0 Å². The second kappa shape index (κ2) is 5.71. The maximum atomic E-state index is 12.1. The SMILES string of the molecule is C[C@@H](COC(=O)C(C)(C)O)[C@H]1CC[C@H]2C(=O)CCC[C@]12C. The van der Waals surface area contributed by atoms with Gasteiger partial charge in [-0.15, -0.1) is 0 Å². The van der Waals surface area contributed by atoms with Gasteiger partial charge in [0.05, 0.1) is 6.61 Å². The van der Waals surface area contributed by atoms with E-state index in [0.717, 1.165) is 32.1 Å². The van der Waals surface area contributed by atoms with Crippen LogP contribution in [0.25, 0.3) is 0 Å². The van der Waals surface area contributed by atoms with Gasteiger partial charge < -0.3 is 9.84 Å². The highest BCUT2D eigenvalue weighted by atomic mass is 16.5. The molecule has 2 aliphatic rings. The number of ether oxygens (including phenoxy) is 1. The molecule has 0 radical (unpaired) electrons. The third-order valence-corrected chi connectivity index (χ3v) is 5.60. The van der Waals surface area contributed by atoms with Crippen molar-refractivity contribution in [2.45, 2.75) is 65.4 Å². The van der Waals surface area contributed by atoms with Gasteiger partial charge in [-0.1, -0.05) is 13.8 Å². The predicted molar refractivity (Wildman–Crippen MR) is 79.6 cm³/mol. The third kappa shape index (κ3) is 3.15. The van der Waals surface area contributed by atoms with Crippen LogP contribution in [0.3, 0.4) is 0 Å². The number of esters is 1. The van der Waals surface area contributed by atoms with Crippen molar-refractivity contribution in [1.29, 1.82) is 0 Å². The summed E-state index contributed by atoms with van der Waals surface area (Å²) in [5.41, 5.74) is -1.38. The molecule has 4 heteroatoms. The van der Waals surface area contributed by atoms with Crippen molar-refractivity contribution in [2.75, 3.05) is 6.61 Å². The Hall–Kier alpha value is -0.900. The molecule has 0 saturated heterocycles. The largest absolute Gasteiger partial charge is 0.463 e. The Labute approximate surface area is 127 Å². The highest BCUT2D eigenvalue weighted by Gasteiger charge is 2.52. The molecule has 4 nitrogen and oxygen atoms in total. The Kier molecular flexibility index (Phi) is 4.48. The van der Waals surface area contributed by atoms with E-state index in [1.165, 1.54) is 13.8 Å². The van der Waals surface area contributed by atoms with Gasteiger partial charge in [0.25, 0.3) is 0 Å². The molecule has 21 heavy (non-hydrogen) atoms. The summed E-state index contributed by atoms with van der Waals surface area (Å²) in [4.78, 5) is 23.8. The van der Waals surface area contributed by atoms with Gasteiger partial charge in [0.2, 0.25) is 0 Å². The molecule has 0 amide bonds. The highest BCUT2D eigenvalue weighted by molar-refractivity contribution is 5.83. The van der Waals surface area contributed by atoms with Crippen LogP contribution in [0.2, 0.25) is 0 Å². The first kappa shape index (κ1) is 16.5. The minimum atomic E-state index is -1.44. The van der Waals surface area contributed by atoms with Crippen molar-refractivity contribution in [3.05, 3.63) is 0 Å². The highest BCUT2D eigenvalue weighted by Crippen LogP contribution is 2.56. The lowest BCUT2D eigenvalue weighted by molar-refractivity contribution is -0.164. The van der Waals surface area contributed by atoms with Crippen LogP contribution in [-0.2, 0) is 14.3 Å². The number of rotatable bonds is 4. The molecule has 0 heterocycles. The molecule has 2 rings (SSSR count). The second-order valence-corrected chi connectivity index (χ2v) is 7.70. The first-order valence-corrected chi connectivity index (χ1v) is 8.08. The molecule has 2 fully saturated rings. The Morgan fingerprint density at radius 3 is 2.76 bits per heavy atom. The number of carbonyl (C=O) groups is 2. The number of fused-ring (bicyclic) bond motifs is 1. The lowest BCUT2D eigenvalue weighted by atomic mass is 9.62. The maximum absolute atomic E-state index is 12.1. The van der Waals surface area contributed by atoms with Crippen LogP contribution in [0.4, 0.5) is 0 Å². The molecule has 4 atom stereocenters. The quantitative estimate of drug-likeness (QED) is 0.810. The first-order chi connectivity index (χ1) is 9.66. The second-order valence-electron chi connectivity index (χ2n) is 7.70. The summed E-state index contributed by atoms with van der Waals surface area (Å²) in [6.07, 6.45) is 4.82. The van der Waals surface area contributed by atoms with Crippen LogP contribution in [0, 0.1) is 23.2 Å². The van der Waals surface area contributed by atoms with E-state index in [1.54, 1.807) is 0 Å². The topological polar surface area (TPSA) is 63.6 Å². The van der Waals surface area contributed by atoms with Gasteiger partial charge >= 0.3 is 5.97 Å². The minimum Gasteiger partial charge on any atom is -0.463 e. The number of Topliss-reactive ketones (excluding diaryl/α,β-unsaturated/α-hetero) is 1. The van der Waals surface area contributed by atoms with Gasteiger partial charge in [-0.25, -0.2) is 4.79 Å².